The van der Waals surface area contributed by atoms with Gasteiger partial charge in [-0.1, -0.05) is 20.8 Å². The van der Waals surface area contributed by atoms with Gasteiger partial charge in [-0.15, -0.1) is 0 Å². The summed E-state index contributed by atoms with van der Waals surface area (Å²) in [4.78, 5) is 0. The van der Waals surface area contributed by atoms with Gasteiger partial charge < -0.3 is 28.5 Å². The molecule has 0 aromatic heterocycles. The van der Waals surface area contributed by atoms with Gasteiger partial charge in [0, 0.05) is 14.2 Å². The van der Waals surface area contributed by atoms with Crippen LogP contribution in [0.1, 0.15) is 41.5 Å². The Labute approximate surface area is 147 Å². The van der Waals surface area contributed by atoms with Crippen molar-refractivity contribution in [2.75, 3.05) is 20.8 Å². The van der Waals surface area contributed by atoms with Crippen molar-refractivity contribution in [2.45, 2.75) is 89.6 Å². The zero-order valence-electron chi connectivity index (χ0n) is 16.9. The molecule has 1 heterocycles. The highest BCUT2D eigenvalue weighted by molar-refractivity contribution is 6.74. The summed E-state index contributed by atoms with van der Waals surface area (Å²) in [6.07, 6.45) is -1.75. The maximum absolute atomic E-state index is 10.2. The van der Waals surface area contributed by atoms with Gasteiger partial charge >= 0.3 is 0 Å². The molecule has 1 rings (SSSR count). The molecule has 0 aliphatic carbocycles. The molecule has 1 aliphatic heterocycles. The molecule has 0 aromatic rings. The fraction of sp³-hybridized carbons (Fsp3) is 1.00. The number of aliphatic hydroxyl groups is 1. The molecule has 1 saturated heterocycles. The van der Waals surface area contributed by atoms with Gasteiger partial charge in [-0.05, 0) is 38.9 Å². The Morgan fingerprint density at radius 2 is 1.54 bits per heavy atom. The standard InChI is InChI=1S/C17H36O6Si/c1-12(18)14-13(11-21-24(9,10)15(2,3)4)22-16(5,19-7)17(6,20-8)23-14/h12-14,18H,11H2,1-10H3/t12-,13+,14-,16-,17-/m1/s1. The van der Waals surface area contributed by atoms with E-state index >= 15 is 0 Å². The van der Waals surface area contributed by atoms with E-state index in [1.165, 1.54) is 7.11 Å². The minimum atomic E-state index is -1.94. The van der Waals surface area contributed by atoms with E-state index in [4.69, 9.17) is 23.4 Å². The van der Waals surface area contributed by atoms with E-state index in [-0.39, 0.29) is 5.04 Å². The Morgan fingerprint density at radius 1 is 1.08 bits per heavy atom. The van der Waals surface area contributed by atoms with Crippen molar-refractivity contribution < 1.29 is 28.5 Å². The van der Waals surface area contributed by atoms with Crippen molar-refractivity contribution in [1.82, 2.24) is 0 Å². The summed E-state index contributed by atoms with van der Waals surface area (Å²) in [5, 5.41) is 10.3. The van der Waals surface area contributed by atoms with Gasteiger partial charge in [0.25, 0.3) is 0 Å². The second kappa shape index (κ2) is 7.30. The Morgan fingerprint density at radius 3 is 1.92 bits per heavy atom. The first kappa shape index (κ1) is 22.0. The topological polar surface area (TPSA) is 66.4 Å². The van der Waals surface area contributed by atoms with Crippen LogP contribution in [0.25, 0.3) is 0 Å². The van der Waals surface area contributed by atoms with E-state index in [0.717, 1.165) is 0 Å². The molecule has 0 bridgehead atoms. The van der Waals surface area contributed by atoms with Crippen LogP contribution in [0.4, 0.5) is 0 Å². The molecule has 0 spiro atoms. The number of ether oxygens (including phenoxy) is 4. The lowest BCUT2D eigenvalue weighted by Gasteiger charge is -2.53. The van der Waals surface area contributed by atoms with Gasteiger partial charge in [0.2, 0.25) is 11.6 Å². The summed E-state index contributed by atoms with van der Waals surface area (Å²) in [6.45, 7) is 16.5. The summed E-state index contributed by atoms with van der Waals surface area (Å²) in [6, 6.07) is 0. The maximum atomic E-state index is 10.2. The van der Waals surface area contributed by atoms with Crippen LogP contribution in [-0.2, 0) is 23.4 Å². The fourth-order valence-electron chi connectivity index (χ4n) is 2.42. The number of rotatable bonds is 6. The molecular formula is C17H36O6Si. The van der Waals surface area contributed by atoms with Crippen LogP contribution < -0.4 is 0 Å². The lowest BCUT2D eigenvalue weighted by Crippen LogP contribution is -2.67. The van der Waals surface area contributed by atoms with Gasteiger partial charge in [-0.2, -0.15) is 0 Å². The molecule has 1 fully saturated rings. The minimum absolute atomic E-state index is 0.0917. The predicted octanol–water partition coefficient (Wildman–Crippen LogP) is 2.90. The van der Waals surface area contributed by atoms with E-state index in [1.54, 1.807) is 27.9 Å². The third-order valence-corrected chi connectivity index (χ3v) is 10.1. The van der Waals surface area contributed by atoms with E-state index in [0.29, 0.717) is 6.61 Å². The first-order valence-electron chi connectivity index (χ1n) is 8.51. The molecule has 0 unspecified atom stereocenters. The summed E-state index contributed by atoms with van der Waals surface area (Å²) in [7, 11) is 1.14. The highest BCUT2D eigenvalue weighted by Gasteiger charge is 2.57. The maximum Gasteiger partial charge on any atom is 0.220 e. The van der Waals surface area contributed by atoms with Crippen LogP contribution in [0.3, 0.4) is 0 Å². The Hall–Kier alpha value is -0.0231. The molecule has 6 nitrogen and oxygen atoms in total. The van der Waals surface area contributed by atoms with Crippen LogP contribution in [0.15, 0.2) is 0 Å². The number of hydrogen-bond acceptors (Lipinski definition) is 6. The van der Waals surface area contributed by atoms with Gasteiger partial charge in [0.15, 0.2) is 8.32 Å². The number of aliphatic hydroxyl groups excluding tert-OH is 1. The minimum Gasteiger partial charge on any atom is -0.414 e. The van der Waals surface area contributed by atoms with Gasteiger partial charge in [-0.3, -0.25) is 0 Å². The van der Waals surface area contributed by atoms with Crippen molar-refractivity contribution in [1.29, 1.82) is 0 Å². The van der Waals surface area contributed by atoms with E-state index < -0.39 is 38.2 Å². The van der Waals surface area contributed by atoms with E-state index in [1.807, 2.05) is 0 Å². The van der Waals surface area contributed by atoms with Gasteiger partial charge in [-0.25, -0.2) is 0 Å². The van der Waals surface area contributed by atoms with Crippen LogP contribution >= 0.6 is 0 Å². The molecule has 1 N–H and O–H groups in total. The Balaban J connectivity index is 3.00. The summed E-state index contributed by atoms with van der Waals surface area (Å²) in [5.41, 5.74) is 0. The van der Waals surface area contributed by atoms with Crippen LogP contribution in [0, 0.1) is 0 Å². The molecule has 0 aromatic carbocycles. The first-order chi connectivity index (χ1) is 10.7. The second-order valence-electron chi connectivity index (χ2n) is 8.35. The monoisotopic (exact) mass is 364 g/mol. The highest BCUT2D eigenvalue weighted by Crippen LogP contribution is 2.41. The SMILES string of the molecule is CO[C@]1(C)O[C@H]([C@@H](C)O)[C@H](CO[Si](C)(C)C(C)(C)C)O[C@@]1(C)OC. The first-order valence-corrected chi connectivity index (χ1v) is 11.4. The average Bonchev–Trinajstić information content (AvgIpc) is 2.46. The number of hydrogen-bond donors (Lipinski definition) is 1. The zero-order chi connectivity index (χ0) is 19.0. The molecule has 5 atom stereocenters. The lowest BCUT2D eigenvalue weighted by atomic mass is 10.0. The third kappa shape index (κ3) is 4.20. The third-order valence-electron chi connectivity index (χ3n) is 5.60. The molecule has 0 saturated carbocycles. The molecule has 0 amide bonds. The van der Waals surface area contributed by atoms with Crippen molar-refractivity contribution in [2.24, 2.45) is 0 Å². The van der Waals surface area contributed by atoms with Crippen molar-refractivity contribution in [3.63, 3.8) is 0 Å². The Bertz CT molecular complexity index is 422. The quantitative estimate of drug-likeness (QED) is 0.731. The fourth-order valence-corrected chi connectivity index (χ4v) is 3.43. The molecule has 24 heavy (non-hydrogen) atoms. The van der Waals surface area contributed by atoms with E-state index in [9.17, 15) is 5.11 Å². The predicted molar refractivity (Wildman–Crippen MR) is 95.4 cm³/mol. The molecule has 0 radical (unpaired) electrons. The molecule has 1 aliphatic rings. The van der Waals surface area contributed by atoms with Gasteiger partial charge in [0.05, 0.1) is 12.7 Å². The zero-order valence-corrected chi connectivity index (χ0v) is 17.9. The van der Waals surface area contributed by atoms with Gasteiger partial charge in [0.1, 0.15) is 12.2 Å². The van der Waals surface area contributed by atoms with Crippen LogP contribution in [-0.4, -0.2) is 64.1 Å². The average molecular weight is 365 g/mol. The molecule has 144 valence electrons. The Kier molecular flexibility index (Phi) is 6.70. The van der Waals surface area contributed by atoms with Crippen molar-refractivity contribution in [3.05, 3.63) is 0 Å². The normalized spacial score (nSPS) is 36.6. The van der Waals surface area contributed by atoms with E-state index in [2.05, 4.69) is 33.9 Å². The van der Waals surface area contributed by atoms with Crippen molar-refractivity contribution in [3.8, 4) is 0 Å². The summed E-state index contributed by atoms with van der Waals surface area (Å²) in [5.74, 6) is -2.23. The largest absolute Gasteiger partial charge is 0.414 e. The molecule has 7 heteroatoms. The highest BCUT2D eigenvalue weighted by atomic mass is 28.4. The second-order valence-corrected chi connectivity index (χ2v) is 13.2. The smallest absolute Gasteiger partial charge is 0.220 e. The summed E-state index contributed by atoms with van der Waals surface area (Å²) < 4.78 is 29.6. The summed E-state index contributed by atoms with van der Waals surface area (Å²) >= 11 is 0. The van der Waals surface area contributed by atoms with Crippen molar-refractivity contribution >= 4 is 8.32 Å². The van der Waals surface area contributed by atoms with Crippen LogP contribution in [0.2, 0.25) is 18.1 Å². The lowest BCUT2D eigenvalue weighted by molar-refractivity contribution is -0.454. The van der Waals surface area contributed by atoms with Crippen LogP contribution in [0.5, 0.6) is 0 Å². The molecular weight excluding hydrogens is 328 g/mol. The number of methoxy groups -OCH3 is 2.